The Hall–Kier alpha value is -1.36. The number of carbonyl (C=O) groups excluding carboxylic acids is 1. The fourth-order valence-electron chi connectivity index (χ4n) is 2.89. The van der Waals surface area contributed by atoms with Gasteiger partial charge in [-0.15, -0.1) is 0 Å². The van der Waals surface area contributed by atoms with E-state index in [-0.39, 0.29) is 23.5 Å². The second-order valence-electron chi connectivity index (χ2n) is 5.41. The van der Waals surface area contributed by atoms with Gasteiger partial charge in [0.25, 0.3) is 5.91 Å². The molecular weight excluding hydrogens is 262 g/mol. The number of nitrogens with one attached hydrogen (secondary N) is 1. The average Bonchev–Trinajstić information content (AvgIpc) is 2.94. The Kier molecular flexibility index (Phi) is 3.09. The fraction of sp³-hybridized carbons (Fsp3) is 0.500. The van der Waals surface area contributed by atoms with Crippen LogP contribution < -0.4 is 5.32 Å². The lowest BCUT2D eigenvalue weighted by Crippen LogP contribution is -2.35. The molecule has 102 valence electrons. The summed E-state index contributed by atoms with van der Waals surface area (Å²) >= 11 is 0. The minimum absolute atomic E-state index is 0.0731. The Bertz CT molecular complexity index is 622. The van der Waals surface area contributed by atoms with Crippen molar-refractivity contribution >= 4 is 15.7 Å². The lowest BCUT2D eigenvalue weighted by atomic mass is 10.1. The second-order valence-corrected chi connectivity index (χ2v) is 7.64. The van der Waals surface area contributed by atoms with Crippen LogP contribution >= 0.6 is 0 Å². The molecular formula is C14H17NO3S. The van der Waals surface area contributed by atoms with E-state index in [4.69, 9.17) is 0 Å². The Morgan fingerprint density at radius 1 is 1.21 bits per heavy atom. The highest BCUT2D eigenvalue weighted by molar-refractivity contribution is 7.91. The SMILES string of the molecule is O=C(N[C@@H]1CCS(=O)(=O)C1)c1ccc2c(c1)CCC2. The predicted molar refractivity (Wildman–Crippen MR) is 73.0 cm³/mol. The zero-order valence-corrected chi connectivity index (χ0v) is 11.5. The van der Waals surface area contributed by atoms with Crippen molar-refractivity contribution in [1.82, 2.24) is 5.32 Å². The van der Waals surface area contributed by atoms with Gasteiger partial charge in [0, 0.05) is 11.6 Å². The van der Waals surface area contributed by atoms with E-state index in [2.05, 4.69) is 5.32 Å². The molecule has 19 heavy (non-hydrogen) atoms. The molecule has 1 aliphatic heterocycles. The van der Waals surface area contributed by atoms with Crippen LogP contribution in [0.15, 0.2) is 18.2 Å². The Morgan fingerprint density at radius 3 is 2.74 bits per heavy atom. The molecule has 1 N–H and O–H groups in total. The Labute approximate surface area is 113 Å². The van der Waals surface area contributed by atoms with Gasteiger partial charge >= 0.3 is 0 Å². The van der Waals surface area contributed by atoms with Crippen molar-refractivity contribution in [3.8, 4) is 0 Å². The molecule has 1 aromatic carbocycles. The normalized spacial score (nSPS) is 24.1. The molecule has 1 aliphatic carbocycles. The van der Waals surface area contributed by atoms with Gasteiger partial charge in [0.05, 0.1) is 11.5 Å². The lowest BCUT2D eigenvalue weighted by molar-refractivity contribution is 0.0941. The summed E-state index contributed by atoms with van der Waals surface area (Å²) < 4.78 is 22.7. The third-order valence-corrected chi connectivity index (χ3v) is 5.70. The summed E-state index contributed by atoms with van der Waals surface area (Å²) in [6.45, 7) is 0. The highest BCUT2D eigenvalue weighted by atomic mass is 32.2. The second kappa shape index (κ2) is 4.63. The van der Waals surface area contributed by atoms with Crippen molar-refractivity contribution in [1.29, 1.82) is 0 Å². The van der Waals surface area contributed by atoms with Crippen molar-refractivity contribution in [2.45, 2.75) is 31.7 Å². The van der Waals surface area contributed by atoms with Gasteiger partial charge in [0.15, 0.2) is 9.84 Å². The standard InChI is InChI=1S/C14H17NO3S/c16-14(15-13-6-7-19(17,18)9-13)12-5-4-10-2-1-3-11(10)8-12/h4-5,8,13H,1-3,6-7,9H2,(H,15,16)/t13-/m1/s1. The molecule has 1 fully saturated rings. The molecule has 1 atom stereocenters. The third kappa shape index (κ3) is 2.66. The molecule has 2 aliphatic rings. The van der Waals surface area contributed by atoms with Gasteiger partial charge < -0.3 is 5.32 Å². The zero-order valence-electron chi connectivity index (χ0n) is 10.7. The van der Waals surface area contributed by atoms with Gasteiger partial charge in [-0.2, -0.15) is 0 Å². The molecule has 5 heteroatoms. The highest BCUT2D eigenvalue weighted by Crippen LogP contribution is 2.23. The van der Waals surface area contributed by atoms with Gasteiger partial charge in [-0.05, 0) is 48.9 Å². The zero-order chi connectivity index (χ0) is 13.5. The molecule has 4 nitrogen and oxygen atoms in total. The van der Waals surface area contributed by atoms with Crippen LogP contribution in [0.2, 0.25) is 0 Å². The summed E-state index contributed by atoms with van der Waals surface area (Å²) in [4.78, 5) is 12.1. The monoisotopic (exact) mass is 279 g/mol. The van der Waals surface area contributed by atoms with Crippen molar-refractivity contribution < 1.29 is 13.2 Å². The van der Waals surface area contributed by atoms with E-state index in [1.807, 2.05) is 18.2 Å². The number of rotatable bonds is 2. The highest BCUT2D eigenvalue weighted by Gasteiger charge is 2.29. The topological polar surface area (TPSA) is 63.2 Å². The maximum absolute atomic E-state index is 12.1. The number of hydrogen-bond donors (Lipinski definition) is 1. The van der Waals surface area contributed by atoms with Crippen LogP contribution in [-0.2, 0) is 22.7 Å². The van der Waals surface area contributed by atoms with Crippen LogP contribution in [0.5, 0.6) is 0 Å². The van der Waals surface area contributed by atoms with Crippen molar-refractivity contribution in [2.75, 3.05) is 11.5 Å². The predicted octanol–water partition coefficient (Wildman–Crippen LogP) is 1.09. The van der Waals surface area contributed by atoms with E-state index >= 15 is 0 Å². The van der Waals surface area contributed by atoms with E-state index in [0.717, 1.165) is 19.3 Å². The molecule has 1 saturated heterocycles. The van der Waals surface area contributed by atoms with Crippen LogP contribution in [-0.4, -0.2) is 31.9 Å². The number of sulfone groups is 1. The number of fused-ring (bicyclic) bond motifs is 1. The molecule has 1 aromatic rings. The molecule has 0 saturated carbocycles. The first kappa shape index (κ1) is 12.7. The van der Waals surface area contributed by atoms with Gasteiger partial charge in [-0.1, -0.05) is 6.07 Å². The Balaban J connectivity index is 1.71. The van der Waals surface area contributed by atoms with Crippen LogP contribution in [0.25, 0.3) is 0 Å². The van der Waals surface area contributed by atoms with E-state index in [9.17, 15) is 13.2 Å². The lowest BCUT2D eigenvalue weighted by Gasteiger charge is -2.11. The first-order valence-electron chi connectivity index (χ1n) is 6.67. The van der Waals surface area contributed by atoms with Gasteiger partial charge in [-0.3, -0.25) is 4.79 Å². The van der Waals surface area contributed by atoms with E-state index in [1.54, 1.807) is 0 Å². The molecule has 0 unspecified atom stereocenters. The molecule has 0 spiro atoms. The molecule has 0 radical (unpaired) electrons. The van der Waals surface area contributed by atoms with E-state index in [0.29, 0.717) is 12.0 Å². The minimum Gasteiger partial charge on any atom is -0.348 e. The molecule has 1 heterocycles. The summed E-state index contributed by atoms with van der Waals surface area (Å²) in [5.41, 5.74) is 3.23. The Morgan fingerprint density at radius 2 is 2.00 bits per heavy atom. The summed E-state index contributed by atoms with van der Waals surface area (Å²) in [5, 5.41) is 2.82. The van der Waals surface area contributed by atoms with Crippen molar-refractivity contribution in [3.05, 3.63) is 34.9 Å². The first-order chi connectivity index (χ1) is 9.03. The van der Waals surface area contributed by atoms with Crippen LogP contribution in [0.4, 0.5) is 0 Å². The number of benzene rings is 1. The summed E-state index contributed by atoms with van der Waals surface area (Å²) in [6.07, 6.45) is 3.81. The number of amides is 1. The smallest absolute Gasteiger partial charge is 0.251 e. The van der Waals surface area contributed by atoms with E-state index < -0.39 is 9.84 Å². The number of aryl methyl sites for hydroxylation is 2. The third-order valence-electron chi connectivity index (χ3n) is 3.93. The first-order valence-corrected chi connectivity index (χ1v) is 8.49. The largest absolute Gasteiger partial charge is 0.348 e. The number of carbonyl (C=O) groups is 1. The average molecular weight is 279 g/mol. The molecule has 1 amide bonds. The van der Waals surface area contributed by atoms with Crippen LogP contribution in [0.1, 0.15) is 34.3 Å². The molecule has 0 aromatic heterocycles. The van der Waals surface area contributed by atoms with Gasteiger partial charge in [0.2, 0.25) is 0 Å². The van der Waals surface area contributed by atoms with Crippen LogP contribution in [0.3, 0.4) is 0 Å². The quantitative estimate of drug-likeness (QED) is 0.881. The van der Waals surface area contributed by atoms with E-state index in [1.165, 1.54) is 11.1 Å². The molecule has 0 bridgehead atoms. The summed E-state index contributed by atoms with van der Waals surface area (Å²) in [5.74, 6) is 0.100. The maximum Gasteiger partial charge on any atom is 0.251 e. The maximum atomic E-state index is 12.1. The van der Waals surface area contributed by atoms with Gasteiger partial charge in [0.1, 0.15) is 0 Å². The van der Waals surface area contributed by atoms with Gasteiger partial charge in [-0.25, -0.2) is 8.42 Å². The summed E-state index contributed by atoms with van der Waals surface area (Å²) in [6, 6.07) is 5.57. The van der Waals surface area contributed by atoms with Crippen molar-refractivity contribution in [3.63, 3.8) is 0 Å². The molecule has 3 rings (SSSR count). The van der Waals surface area contributed by atoms with Crippen molar-refractivity contribution in [2.24, 2.45) is 0 Å². The van der Waals surface area contributed by atoms with Crippen LogP contribution in [0, 0.1) is 0 Å². The fourth-order valence-corrected chi connectivity index (χ4v) is 4.56. The number of hydrogen-bond acceptors (Lipinski definition) is 3. The summed E-state index contributed by atoms with van der Waals surface area (Å²) in [7, 11) is -2.95. The minimum atomic E-state index is -2.95.